The molecule has 1 N–H and O–H groups in total. The number of anilines is 1. The topological polar surface area (TPSA) is 96.0 Å². The highest BCUT2D eigenvalue weighted by Crippen LogP contribution is 2.26. The Balaban J connectivity index is 2.01. The summed E-state index contributed by atoms with van der Waals surface area (Å²) in [4.78, 5) is 27.3. The van der Waals surface area contributed by atoms with Crippen LogP contribution in [0.1, 0.15) is 12.5 Å². The van der Waals surface area contributed by atoms with Crippen molar-refractivity contribution in [2.45, 2.75) is 24.4 Å². The fraction of sp³-hybridized carbons (Fsp3) is 0.231. The Morgan fingerprint density at radius 1 is 0.972 bits per heavy atom. The SMILES string of the molecule is CNC(=O)[C@@H](C)N(Cc1ccccc1)C(=O)CN(c1ccc(F)cc1)S(=O)(=O)c1ccc(OC)cc1. The lowest BCUT2D eigenvalue weighted by Gasteiger charge is -2.31. The lowest BCUT2D eigenvalue weighted by atomic mass is 10.1. The number of nitrogens with zero attached hydrogens (tertiary/aromatic N) is 2. The van der Waals surface area contributed by atoms with Crippen LogP contribution in [0.2, 0.25) is 0 Å². The number of nitrogens with one attached hydrogen (secondary N) is 1. The minimum Gasteiger partial charge on any atom is -0.497 e. The van der Waals surface area contributed by atoms with Crippen molar-refractivity contribution in [2.24, 2.45) is 0 Å². The van der Waals surface area contributed by atoms with Gasteiger partial charge < -0.3 is 15.0 Å². The second-order valence-corrected chi connectivity index (χ2v) is 9.82. The number of halogens is 1. The zero-order valence-corrected chi connectivity index (χ0v) is 21.0. The summed E-state index contributed by atoms with van der Waals surface area (Å²) in [6, 6.07) is 18.7. The molecule has 36 heavy (non-hydrogen) atoms. The van der Waals surface area contributed by atoms with Gasteiger partial charge in [-0.25, -0.2) is 12.8 Å². The van der Waals surface area contributed by atoms with Gasteiger partial charge in [-0.2, -0.15) is 0 Å². The highest BCUT2D eigenvalue weighted by atomic mass is 32.2. The van der Waals surface area contributed by atoms with Crippen molar-refractivity contribution >= 4 is 27.5 Å². The lowest BCUT2D eigenvalue weighted by molar-refractivity contribution is -0.139. The molecule has 10 heteroatoms. The Labute approximate surface area is 210 Å². The van der Waals surface area contributed by atoms with Crippen LogP contribution in [-0.4, -0.2) is 51.9 Å². The van der Waals surface area contributed by atoms with E-state index in [9.17, 15) is 22.4 Å². The quantitative estimate of drug-likeness (QED) is 0.449. The summed E-state index contributed by atoms with van der Waals surface area (Å²) >= 11 is 0. The number of benzene rings is 3. The van der Waals surface area contributed by atoms with Gasteiger partial charge in [-0.05, 0) is 61.0 Å². The van der Waals surface area contributed by atoms with Gasteiger partial charge >= 0.3 is 0 Å². The van der Waals surface area contributed by atoms with E-state index in [1.165, 1.54) is 55.5 Å². The molecule has 0 radical (unpaired) electrons. The number of hydrogen-bond acceptors (Lipinski definition) is 5. The van der Waals surface area contributed by atoms with Gasteiger partial charge in [-0.3, -0.25) is 13.9 Å². The van der Waals surface area contributed by atoms with Crippen molar-refractivity contribution in [1.29, 1.82) is 0 Å². The van der Waals surface area contributed by atoms with E-state index in [0.29, 0.717) is 5.75 Å². The molecule has 8 nitrogen and oxygen atoms in total. The fourth-order valence-electron chi connectivity index (χ4n) is 3.58. The summed E-state index contributed by atoms with van der Waals surface area (Å²) in [5.74, 6) is -1.08. The van der Waals surface area contributed by atoms with E-state index in [-0.39, 0.29) is 17.1 Å². The second-order valence-electron chi connectivity index (χ2n) is 7.96. The first-order valence-corrected chi connectivity index (χ1v) is 12.6. The van der Waals surface area contributed by atoms with Crippen LogP contribution in [-0.2, 0) is 26.2 Å². The smallest absolute Gasteiger partial charge is 0.264 e. The molecule has 0 spiro atoms. The van der Waals surface area contributed by atoms with Crippen LogP contribution >= 0.6 is 0 Å². The predicted molar refractivity (Wildman–Crippen MR) is 134 cm³/mol. The normalized spacial score (nSPS) is 11.9. The van der Waals surface area contributed by atoms with Crippen molar-refractivity contribution < 1.29 is 27.1 Å². The summed E-state index contributed by atoms with van der Waals surface area (Å²) < 4.78 is 46.9. The minimum absolute atomic E-state index is 0.0746. The summed E-state index contributed by atoms with van der Waals surface area (Å²) in [6.07, 6.45) is 0. The van der Waals surface area contributed by atoms with Gasteiger partial charge in [-0.1, -0.05) is 30.3 Å². The van der Waals surface area contributed by atoms with Crippen molar-refractivity contribution in [2.75, 3.05) is 25.0 Å². The third-order valence-electron chi connectivity index (χ3n) is 5.65. The van der Waals surface area contributed by atoms with E-state index in [2.05, 4.69) is 5.32 Å². The number of hydrogen-bond donors (Lipinski definition) is 1. The van der Waals surface area contributed by atoms with Gasteiger partial charge in [-0.15, -0.1) is 0 Å². The molecule has 0 aliphatic heterocycles. The molecule has 3 aromatic rings. The first-order valence-electron chi connectivity index (χ1n) is 11.1. The zero-order valence-electron chi connectivity index (χ0n) is 20.2. The van der Waals surface area contributed by atoms with E-state index in [4.69, 9.17) is 4.74 Å². The molecular formula is C26H28FN3O5S. The summed E-state index contributed by atoms with van der Waals surface area (Å²) in [7, 11) is -1.32. The molecule has 0 aromatic heterocycles. The average molecular weight is 514 g/mol. The number of amides is 2. The summed E-state index contributed by atoms with van der Waals surface area (Å²) in [5.41, 5.74) is 0.876. The van der Waals surface area contributed by atoms with Crippen LogP contribution in [0, 0.1) is 5.82 Å². The van der Waals surface area contributed by atoms with Gasteiger partial charge in [0.05, 0.1) is 17.7 Å². The van der Waals surface area contributed by atoms with Gasteiger partial charge in [0.25, 0.3) is 10.0 Å². The van der Waals surface area contributed by atoms with Gasteiger partial charge in [0.2, 0.25) is 11.8 Å². The average Bonchev–Trinajstić information content (AvgIpc) is 2.90. The predicted octanol–water partition coefficient (Wildman–Crippen LogP) is 3.19. The van der Waals surface area contributed by atoms with Crippen molar-refractivity contribution in [1.82, 2.24) is 10.2 Å². The number of ether oxygens (including phenoxy) is 1. The molecule has 2 amide bonds. The van der Waals surface area contributed by atoms with Crippen LogP contribution < -0.4 is 14.4 Å². The number of likely N-dealkylation sites (N-methyl/N-ethyl adjacent to an activating group) is 1. The largest absolute Gasteiger partial charge is 0.497 e. The van der Waals surface area contributed by atoms with Crippen molar-refractivity contribution in [3.8, 4) is 5.75 Å². The lowest BCUT2D eigenvalue weighted by Crippen LogP contribution is -2.50. The monoisotopic (exact) mass is 513 g/mol. The number of rotatable bonds is 10. The Kier molecular flexibility index (Phi) is 8.65. The van der Waals surface area contributed by atoms with Crippen LogP contribution in [0.3, 0.4) is 0 Å². The zero-order chi connectivity index (χ0) is 26.3. The molecule has 0 bridgehead atoms. The molecule has 0 aliphatic carbocycles. The number of carbonyl (C=O) groups is 2. The van der Waals surface area contributed by atoms with Crippen LogP contribution in [0.25, 0.3) is 0 Å². The van der Waals surface area contributed by atoms with Gasteiger partial charge in [0.1, 0.15) is 24.2 Å². The van der Waals surface area contributed by atoms with Gasteiger partial charge in [0, 0.05) is 13.6 Å². The highest BCUT2D eigenvalue weighted by molar-refractivity contribution is 7.92. The van der Waals surface area contributed by atoms with Crippen molar-refractivity contribution in [3.05, 3.63) is 90.2 Å². The molecule has 0 fully saturated rings. The number of methoxy groups -OCH3 is 1. The van der Waals surface area contributed by atoms with E-state index in [0.717, 1.165) is 22.0 Å². The number of carbonyl (C=O) groups excluding carboxylic acids is 2. The van der Waals surface area contributed by atoms with E-state index >= 15 is 0 Å². The Morgan fingerprint density at radius 2 is 1.58 bits per heavy atom. The minimum atomic E-state index is -4.24. The molecule has 0 saturated heterocycles. The fourth-order valence-corrected chi connectivity index (χ4v) is 5.00. The molecule has 0 unspecified atom stereocenters. The Hall–Kier alpha value is -3.92. The standard InChI is InChI=1S/C26H28FN3O5S/c1-19(26(32)28-2)29(17-20-7-5-4-6-8-20)25(31)18-30(22-11-9-21(27)10-12-22)36(33,34)24-15-13-23(35-3)14-16-24/h4-16,19H,17-18H2,1-3H3,(H,28,32)/t19-/m1/s1. The Morgan fingerprint density at radius 3 is 2.14 bits per heavy atom. The summed E-state index contributed by atoms with van der Waals surface area (Å²) in [6.45, 7) is 1.06. The molecule has 3 aromatic carbocycles. The van der Waals surface area contributed by atoms with E-state index < -0.39 is 40.2 Å². The maximum absolute atomic E-state index is 13.6. The maximum atomic E-state index is 13.6. The van der Waals surface area contributed by atoms with Crippen molar-refractivity contribution in [3.63, 3.8) is 0 Å². The molecule has 1 atom stereocenters. The molecule has 0 aliphatic rings. The molecule has 0 heterocycles. The van der Waals surface area contributed by atoms with E-state index in [1.807, 2.05) is 30.3 Å². The third kappa shape index (κ3) is 6.19. The van der Waals surface area contributed by atoms with Crippen LogP contribution in [0.15, 0.2) is 83.8 Å². The van der Waals surface area contributed by atoms with Gasteiger partial charge in [0.15, 0.2) is 0 Å². The maximum Gasteiger partial charge on any atom is 0.264 e. The molecule has 190 valence electrons. The van der Waals surface area contributed by atoms with Crippen LogP contribution in [0.4, 0.5) is 10.1 Å². The van der Waals surface area contributed by atoms with E-state index in [1.54, 1.807) is 6.92 Å². The van der Waals surface area contributed by atoms with Crippen LogP contribution in [0.5, 0.6) is 5.75 Å². The second kappa shape index (κ2) is 11.7. The molecule has 0 saturated carbocycles. The highest BCUT2D eigenvalue weighted by Gasteiger charge is 2.32. The Bertz CT molecular complexity index is 1280. The number of sulfonamides is 1. The first-order chi connectivity index (χ1) is 17.2. The molecular weight excluding hydrogens is 485 g/mol. The third-order valence-corrected chi connectivity index (χ3v) is 7.44. The molecule has 3 rings (SSSR count). The summed E-state index contributed by atoms with van der Waals surface area (Å²) in [5, 5.41) is 2.53. The first kappa shape index (κ1) is 26.7.